The van der Waals surface area contributed by atoms with E-state index in [9.17, 15) is 5.11 Å². The summed E-state index contributed by atoms with van der Waals surface area (Å²) in [5.74, 6) is 0.583. The van der Waals surface area contributed by atoms with Gasteiger partial charge in [0.1, 0.15) is 0 Å². The molecule has 3 nitrogen and oxygen atoms in total. The number of likely N-dealkylation sites (tertiary alicyclic amines) is 1. The van der Waals surface area contributed by atoms with Crippen molar-refractivity contribution in [2.24, 2.45) is 11.3 Å². The average Bonchev–Trinajstić information content (AvgIpc) is 2.95. The van der Waals surface area contributed by atoms with Crippen molar-refractivity contribution in [1.29, 1.82) is 5.26 Å². The van der Waals surface area contributed by atoms with E-state index in [4.69, 9.17) is 5.26 Å². The third kappa shape index (κ3) is 1.66. The number of hydrogen-bond acceptors (Lipinski definition) is 3. The van der Waals surface area contributed by atoms with Gasteiger partial charge in [0.15, 0.2) is 0 Å². The molecule has 2 aliphatic carbocycles. The number of β-amino-alcohol motifs (C(OH)–C–C–N with tert-alkyl or cyclic N) is 1. The molecule has 1 aliphatic heterocycles. The minimum absolute atomic E-state index is 0.305. The molecule has 0 amide bonds. The molecule has 3 aliphatic rings. The summed E-state index contributed by atoms with van der Waals surface area (Å²) >= 11 is 0. The molecule has 3 rings (SSSR count). The van der Waals surface area contributed by atoms with Gasteiger partial charge in [0.2, 0.25) is 0 Å². The van der Waals surface area contributed by atoms with E-state index in [2.05, 4.69) is 11.0 Å². The first kappa shape index (κ1) is 9.62. The summed E-state index contributed by atoms with van der Waals surface area (Å²) in [7, 11) is 0. The Labute approximate surface area is 90.7 Å². The predicted molar refractivity (Wildman–Crippen MR) is 56.0 cm³/mol. The van der Waals surface area contributed by atoms with Crippen LogP contribution in [0, 0.1) is 22.7 Å². The lowest BCUT2D eigenvalue weighted by Crippen LogP contribution is -2.64. The van der Waals surface area contributed by atoms with Gasteiger partial charge in [-0.2, -0.15) is 5.26 Å². The van der Waals surface area contributed by atoms with E-state index in [0.29, 0.717) is 17.8 Å². The van der Waals surface area contributed by atoms with E-state index in [1.54, 1.807) is 0 Å². The Morgan fingerprint density at radius 2 is 2.00 bits per heavy atom. The van der Waals surface area contributed by atoms with E-state index in [-0.39, 0.29) is 5.60 Å². The van der Waals surface area contributed by atoms with Gasteiger partial charge in [-0.25, -0.2) is 0 Å². The fraction of sp³-hybridized carbons (Fsp3) is 0.917. The molecule has 2 saturated carbocycles. The predicted octanol–water partition coefficient (Wildman–Crippen LogP) is 1.14. The molecule has 0 aromatic rings. The van der Waals surface area contributed by atoms with Crippen molar-refractivity contribution in [2.75, 3.05) is 19.6 Å². The zero-order chi connectivity index (χ0) is 10.5. The van der Waals surface area contributed by atoms with Crippen molar-refractivity contribution in [3.8, 4) is 6.07 Å². The van der Waals surface area contributed by atoms with Crippen LogP contribution in [-0.4, -0.2) is 35.2 Å². The molecule has 1 N–H and O–H groups in total. The number of aliphatic hydroxyl groups is 1. The van der Waals surface area contributed by atoms with Gasteiger partial charge in [-0.05, 0) is 37.0 Å². The van der Waals surface area contributed by atoms with Gasteiger partial charge < -0.3 is 5.11 Å². The second kappa shape index (κ2) is 2.96. The van der Waals surface area contributed by atoms with Crippen LogP contribution in [-0.2, 0) is 0 Å². The van der Waals surface area contributed by atoms with E-state index in [1.165, 1.54) is 25.7 Å². The summed E-state index contributed by atoms with van der Waals surface area (Å²) in [6.07, 6.45) is 5.55. The van der Waals surface area contributed by atoms with Crippen LogP contribution in [0.4, 0.5) is 0 Å². The summed E-state index contributed by atoms with van der Waals surface area (Å²) in [6.45, 7) is 2.74. The minimum atomic E-state index is -0.358. The third-order valence-electron chi connectivity index (χ3n) is 4.30. The Hall–Kier alpha value is -0.590. The van der Waals surface area contributed by atoms with Crippen molar-refractivity contribution in [1.82, 2.24) is 4.90 Å². The summed E-state index contributed by atoms with van der Waals surface area (Å²) in [4.78, 5) is 2.34. The second-order valence-corrected chi connectivity index (χ2v) is 5.86. The molecule has 0 atom stereocenters. The van der Waals surface area contributed by atoms with E-state index >= 15 is 0 Å². The maximum absolute atomic E-state index is 10.2. The highest BCUT2D eigenvalue weighted by atomic mass is 16.3. The number of hydrogen-bond donors (Lipinski definition) is 1. The maximum Gasteiger partial charge on any atom is 0.0928 e. The van der Waals surface area contributed by atoms with E-state index < -0.39 is 0 Å². The van der Waals surface area contributed by atoms with Gasteiger partial charge in [-0.1, -0.05) is 0 Å². The molecular formula is C12H18N2O. The van der Waals surface area contributed by atoms with Crippen molar-refractivity contribution in [3.63, 3.8) is 0 Å². The van der Waals surface area contributed by atoms with Gasteiger partial charge in [0, 0.05) is 26.1 Å². The van der Waals surface area contributed by atoms with Crippen molar-refractivity contribution in [3.05, 3.63) is 0 Å². The van der Waals surface area contributed by atoms with E-state index in [1.807, 2.05) is 0 Å². The standard InChI is InChI=1S/C12H18N2O/c13-6-5-11(3-4-11)7-14-8-12(15,9-14)10-1-2-10/h10,15H,1-5,7-9H2. The SMILES string of the molecule is N#CCC1(CN2CC(O)(C3CC3)C2)CC1. The largest absolute Gasteiger partial charge is 0.387 e. The Morgan fingerprint density at radius 1 is 1.33 bits per heavy atom. The van der Waals surface area contributed by atoms with Crippen molar-refractivity contribution >= 4 is 0 Å². The molecular weight excluding hydrogens is 188 g/mol. The highest BCUT2D eigenvalue weighted by molar-refractivity contribution is 5.09. The second-order valence-electron chi connectivity index (χ2n) is 5.86. The van der Waals surface area contributed by atoms with Gasteiger partial charge in [0.25, 0.3) is 0 Å². The molecule has 0 aromatic heterocycles. The van der Waals surface area contributed by atoms with Gasteiger partial charge >= 0.3 is 0 Å². The van der Waals surface area contributed by atoms with Crippen molar-refractivity contribution < 1.29 is 5.11 Å². The van der Waals surface area contributed by atoms with E-state index in [0.717, 1.165) is 19.6 Å². The monoisotopic (exact) mass is 206 g/mol. The average molecular weight is 206 g/mol. The number of rotatable bonds is 4. The lowest BCUT2D eigenvalue weighted by atomic mass is 9.87. The zero-order valence-electron chi connectivity index (χ0n) is 9.08. The Morgan fingerprint density at radius 3 is 2.47 bits per heavy atom. The van der Waals surface area contributed by atoms with Gasteiger partial charge in [-0.3, -0.25) is 4.90 Å². The van der Waals surface area contributed by atoms with Crippen LogP contribution in [0.2, 0.25) is 0 Å². The molecule has 0 spiro atoms. The molecule has 3 heteroatoms. The first-order valence-electron chi connectivity index (χ1n) is 5.98. The van der Waals surface area contributed by atoms with Crippen LogP contribution in [0.5, 0.6) is 0 Å². The zero-order valence-corrected chi connectivity index (χ0v) is 9.08. The first-order chi connectivity index (χ1) is 7.16. The Bertz CT molecular complexity index is 306. The molecule has 1 saturated heterocycles. The first-order valence-corrected chi connectivity index (χ1v) is 5.98. The van der Waals surface area contributed by atoms with Crippen LogP contribution >= 0.6 is 0 Å². The highest BCUT2D eigenvalue weighted by Gasteiger charge is 2.54. The van der Waals surface area contributed by atoms with Crippen LogP contribution < -0.4 is 0 Å². The summed E-state index contributed by atoms with van der Waals surface area (Å²) in [5.41, 5.74) is -0.0532. The fourth-order valence-electron chi connectivity index (χ4n) is 2.93. The lowest BCUT2D eigenvalue weighted by Gasteiger charge is -2.48. The molecule has 0 aromatic carbocycles. The Kier molecular flexibility index (Phi) is 1.90. The highest BCUT2D eigenvalue weighted by Crippen LogP contribution is 2.51. The van der Waals surface area contributed by atoms with Gasteiger partial charge in [-0.15, -0.1) is 0 Å². The van der Waals surface area contributed by atoms with Crippen molar-refractivity contribution in [2.45, 2.75) is 37.7 Å². The van der Waals surface area contributed by atoms with Crippen LogP contribution in [0.25, 0.3) is 0 Å². The smallest absolute Gasteiger partial charge is 0.0928 e. The molecule has 0 radical (unpaired) electrons. The number of nitriles is 1. The summed E-state index contributed by atoms with van der Waals surface area (Å²) in [5, 5.41) is 18.9. The quantitative estimate of drug-likeness (QED) is 0.750. The fourth-order valence-corrected chi connectivity index (χ4v) is 2.93. The Balaban J connectivity index is 1.49. The minimum Gasteiger partial charge on any atom is -0.387 e. The molecule has 82 valence electrons. The molecule has 1 heterocycles. The van der Waals surface area contributed by atoms with Crippen LogP contribution in [0.15, 0.2) is 0 Å². The summed E-state index contributed by atoms with van der Waals surface area (Å²) in [6, 6.07) is 2.29. The normalized spacial score (nSPS) is 31.7. The number of nitrogens with zero attached hydrogens (tertiary/aromatic N) is 2. The third-order valence-corrected chi connectivity index (χ3v) is 4.30. The lowest BCUT2D eigenvalue weighted by molar-refractivity contribution is -0.118. The molecule has 0 unspecified atom stereocenters. The molecule has 3 fully saturated rings. The summed E-state index contributed by atoms with van der Waals surface area (Å²) < 4.78 is 0. The van der Waals surface area contributed by atoms with Gasteiger partial charge in [0.05, 0.1) is 11.7 Å². The topological polar surface area (TPSA) is 47.3 Å². The van der Waals surface area contributed by atoms with Crippen LogP contribution in [0.3, 0.4) is 0 Å². The molecule has 0 bridgehead atoms. The molecule has 15 heavy (non-hydrogen) atoms. The van der Waals surface area contributed by atoms with Crippen LogP contribution in [0.1, 0.15) is 32.1 Å². The maximum atomic E-state index is 10.2.